The molecule has 0 saturated heterocycles. The van der Waals surface area contributed by atoms with Crippen LogP contribution in [0, 0.1) is 0 Å². The number of nitrogens with zero attached hydrogens (tertiary/aromatic N) is 2. The van der Waals surface area contributed by atoms with Crippen molar-refractivity contribution in [1.29, 1.82) is 0 Å². The van der Waals surface area contributed by atoms with Crippen molar-refractivity contribution in [1.82, 2.24) is 10.1 Å². The lowest BCUT2D eigenvalue weighted by Gasteiger charge is -2.23. The molecule has 0 fully saturated rings. The van der Waals surface area contributed by atoms with Gasteiger partial charge < -0.3 is 19.1 Å². The average molecular weight is 368 g/mol. The van der Waals surface area contributed by atoms with Gasteiger partial charge in [-0.1, -0.05) is 11.2 Å². The summed E-state index contributed by atoms with van der Waals surface area (Å²) in [6, 6.07) is 13.1. The van der Waals surface area contributed by atoms with E-state index in [0.29, 0.717) is 6.54 Å². The number of phenols is 1. The first-order chi connectivity index (χ1) is 13.0. The maximum atomic E-state index is 10.4. The summed E-state index contributed by atoms with van der Waals surface area (Å²) in [6.07, 6.45) is 1.56. The van der Waals surface area contributed by atoms with Crippen LogP contribution in [0.4, 0.5) is 0 Å². The molecule has 0 aliphatic rings. The Morgan fingerprint density at radius 1 is 1.11 bits per heavy atom. The van der Waals surface area contributed by atoms with E-state index in [4.69, 9.17) is 14.0 Å². The Kier molecular flexibility index (Phi) is 5.66. The second-order valence-corrected chi connectivity index (χ2v) is 6.43. The fourth-order valence-electron chi connectivity index (χ4n) is 2.99. The van der Waals surface area contributed by atoms with Gasteiger partial charge in [0.2, 0.25) is 0 Å². The fraction of sp³-hybridized carbons (Fsp3) is 0.286. The summed E-state index contributed by atoms with van der Waals surface area (Å²) in [7, 11) is 5.26. The van der Waals surface area contributed by atoms with Gasteiger partial charge in [-0.25, -0.2) is 0 Å². The van der Waals surface area contributed by atoms with Crippen molar-refractivity contribution < 1.29 is 19.1 Å². The van der Waals surface area contributed by atoms with Gasteiger partial charge in [-0.3, -0.25) is 4.90 Å². The standard InChI is InChI=1S/C21H24N2O4/c1-14(19-9-10-27-22-19)23(2)13-16-11-15(5-7-20(16)24)18-12-17(25-3)6-8-21(18)26-4/h5-12,14,24H,13H2,1-4H3/t14-/m1/s1. The number of ether oxygens (including phenoxy) is 2. The topological polar surface area (TPSA) is 68.0 Å². The second-order valence-electron chi connectivity index (χ2n) is 6.43. The normalized spacial score (nSPS) is 12.2. The third kappa shape index (κ3) is 4.06. The Morgan fingerprint density at radius 2 is 1.93 bits per heavy atom. The molecule has 142 valence electrons. The predicted molar refractivity (Wildman–Crippen MR) is 103 cm³/mol. The Balaban J connectivity index is 1.91. The molecule has 27 heavy (non-hydrogen) atoms. The average Bonchev–Trinajstić information content (AvgIpc) is 3.23. The molecular formula is C21H24N2O4. The molecule has 0 unspecified atom stereocenters. The molecule has 3 rings (SSSR count). The van der Waals surface area contributed by atoms with Crippen molar-refractivity contribution in [3.8, 4) is 28.4 Å². The Morgan fingerprint density at radius 3 is 2.59 bits per heavy atom. The molecule has 0 aliphatic heterocycles. The zero-order valence-corrected chi connectivity index (χ0v) is 16.0. The van der Waals surface area contributed by atoms with E-state index >= 15 is 0 Å². The van der Waals surface area contributed by atoms with Crippen molar-refractivity contribution >= 4 is 0 Å². The Bertz CT molecular complexity index is 893. The molecule has 2 aromatic carbocycles. The summed E-state index contributed by atoms with van der Waals surface area (Å²) >= 11 is 0. The number of benzene rings is 2. The molecular weight excluding hydrogens is 344 g/mol. The van der Waals surface area contributed by atoms with Crippen molar-refractivity contribution in [3.63, 3.8) is 0 Å². The van der Waals surface area contributed by atoms with Gasteiger partial charge in [0, 0.05) is 23.7 Å². The van der Waals surface area contributed by atoms with Crippen molar-refractivity contribution in [2.75, 3.05) is 21.3 Å². The monoisotopic (exact) mass is 368 g/mol. The smallest absolute Gasteiger partial charge is 0.126 e. The van der Waals surface area contributed by atoms with Gasteiger partial charge in [-0.15, -0.1) is 0 Å². The van der Waals surface area contributed by atoms with E-state index in [2.05, 4.69) is 10.1 Å². The van der Waals surface area contributed by atoms with E-state index in [1.165, 1.54) is 0 Å². The van der Waals surface area contributed by atoms with Gasteiger partial charge in [0.25, 0.3) is 0 Å². The van der Waals surface area contributed by atoms with Crippen LogP contribution in [0.3, 0.4) is 0 Å². The number of hydrogen-bond acceptors (Lipinski definition) is 6. The van der Waals surface area contributed by atoms with Crippen LogP contribution in [-0.2, 0) is 6.54 Å². The van der Waals surface area contributed by atoms with Gasteiger partial charge in [0.1, 0.15) is 29.2 Å². The maximum absolute atomic E-state index is 10.4. The number of methoxy groups -OCH3 is 2. The van der Waals surface area contributed by atoms with Crippen LogP contribution in [0.1, 0.15) is 24.2 Å². The minimum atomic E-state index is 0.0539. The molecule has 0 radical (unpaired) electrons. The highest BCUT2D eigenvalue weighted by molar-refractivity contribution is 5.73. The van der Waals surface area contributed by atoms with Crippen molar-refractivity contribution in [2.45, 2.75) is 19.5 Å². The van der Waals surface area contributed by atoms with Crippen LogP contribution >= 0.6 is 0 Å². The Hall–Kier alpha value is -2.99. The molecule has 1 N–H and O–H groups in total. The first-order valence-electron chi connectivity index (χ1n) is 8.68. The summed E-state index contributed by atoms with van der Waals surface area (Å²) in [5.74, 6) is 1.74. The Labute approximate surface area is 158 Å². The molecule has 1 aromatic heterocycles. The highest BCUT2D eigenvalue weighted by Gasteiger charge is 2.17. The van der Waals surface area contributed by atoms with Gasteiger partial charge in [0.15, 0.2) is 0 Å². The summed E-state index contributed by atoms with van der Waals surface area (Å²) in [4.78, 5) is 2.10. The molecule has 3 aromatic rings. The molecule has 1 heterocycles. The molecule has 1 atom stereocenters. The number of phenolic OH excluding ortho intramolecular Hbond substituents is 1. The maximum Gasteiger partial charge on any atom is 0.126 e. The van der Waals surface area contributed by atoms with Crippen LogP contribution < -0.4 is 9.47 Å². The number of aromatic hydroxyl groups is 1. The minimum Gasteiger partial charge on any atom is -0.508 e. The molecule has 0 bridgehead atoms. The van der Waals surface area contributed by atoms with Crippen LogP contribution in [0.25, 0.3) is 11.1 Å². The number of hydrogen-bond donors (Lipinski definition) is 1. The fourth-order valence-corrected chi connectivity index (χ4v) is 2.99. The third-order valence-electron chi connectivity index (χ3n) is 4.76. The van der Waals surface area contributed by atoms with E-state index in [-0.39, 0.29) is 11.8 Å². The van der Waals surface area contributed by atoms with Crippen LogP contribution in [0.2, 0.25) is 0 Å². The van der Waals surface area contributed by atoms with E-state index in [9.17, 15) is 5.11 Å². The van der Waals surface area contributed by atoms with E-state index < -0.39 is 0 Å². The van der Waals surface area contributed by atoms with Crippen molar-refractivity contribution in [2.24, 2.45) is 0 Å². The summed E-state index contributed by atoms with van der Waals surface area (Å²) in [5.41, 5.74) is 3.52. The lowest BCUT2D eigenvalue weighted by molar-refractivity contribution is 0.238. The largest absolute Gasteiger partial charge is 0.508 e. The van der Waals surface area contributed by atoms with E-state index in [0.717, 1.165) is 33.9 Å². The lowest BCUT2D eigenvalue weighted by atomic mass is 10.0. The van der Waals surface area contributed by atoms with E-state index in [1.54, 1.807) is 26.5 Å². The molecule has 0 spiro atoms. The van der Waals surface area contributed by atoms with E-state index in [1.807, 2.05) is 50.4 Å². The summed E-state index contributed by atoms with van der Waals surface area (Å²) in [5, 5.41) is 14.4. The molecule has 6 heteroatoms. The quantitative estimate of drug-likeness (QED) is 0.672. The number of aromatic nitrogens is 1. The molecule has 0 aliphatic carbocycles. The van der Waals surface area contributed by atoms with Gasteiger partial charge in [0.05, 0.1) is 20.3 Å². The zero-order chi connectivity index (χ0) is 19.4. The SMILES string of the molecule is COc1ccc(OC)c(-c2ccc(O)c(CN(C)[C@H](C)c3ccon3)c2)c1. The van der Waals surface area contributed by atoms with Gasteiger partial charge >= 0.3 is 0 Å². The highest BCUT2D eigenvalue weighted by Crippen LogP contribution is 2.36. The highest BCUT2D eigenvalue weighted by atomic mass is 16.5. The summed E-state index contributed by atoms with van der Waals surface area (Å²) in [6.45, 7) is 2.60. The molecule has 0 amide bonds. The predicted octanol–water partition coefficient (Wildman–Crippen LogP) is 4.26. The number of rotatable bonds is 7. The zero-order valence-electron chi connectivity index (χ0n) is 16.0. The first-order valence-corrected chi connectivity index (χ1v) is 8.68. The lowest BCUT2D eigenvalue weighted by Crippen LogP contribution is -2.22. The molecule has 0 saturated carbocycles. The van der Waals surface area contributed by atoms with Crippen molar-refractivity contribution in [3.05, 3.63) is 60.0 Å². The van der Waals surface area contributed by atoms with Crippen LogP contribution in [-0.4, -0.2) is 36.4 Å². The first kappa shape index (κ1) is 18.8. The summed E-state index contributed by atoms with van der Waals surface area (Å²) < 4.78 is 15.8. The minimum absolute atomic E-state index is 0.0539. The van der Waals surface area contributed by atoms with Crippen LogP contribution in [0.15, 0.2) is 53.3 Å². The third-order valence-corrected chi connectivity index (χ3v) is 4.76. The van der Waals surface area contributed by atoms with Crippen LogP contribution in [0.5, 0.6) is 17.2 Å². The van der Waals surface area contributed by atoms with Gasteiger partial charge in [-0.2, -0.15) is 0 Å². The second kappa shape index (κ2) is 8.14. The molecule has 6 nitrogen and oxygen atoms in total. The van der Waals surface area contributed by atoms with Gasteiger partial charge in [-0.05, 0) is 49.9 Å².